The van der Waals surface area contributed by atoms with E-state index < -0.39 is 42.1 Å². The van der Waals surface area contributed by atoms with Crippen molar-refractivity contribution in [2.75, 3.05) is 13.2 Å². The second kappa shape index (κ2) is 5.56. The van der Waals surface area contributed by atoms with Gasteiger partial charge in [-0.25, -0.2) is 4.98 Å². The highest BCUT2D eigenvalue weighted by molar-refractivity contribution is 5.90. The van der Waals surface area contributed by atoms with Gasteiger partial charge in [-0.05, 0) is 0 Å². The quantitative estimate of drug-likeness (QED) is 0.800. The van der Waals surface area contributed by atoms with Crippen LogP contribution in [-0.4, -0.2) is 39.3 Å². The Hall–Kier alpha value is -1.98. The second-order valence-corrected chi connectivity index (χ2v) is 3.31. The molecular weight excluding hydrogens is 298 g/mol. The lowest BCUT2D eigenvalue weighted by molar-refractivity contribution is -0.168. The number of carbonyl (C=O) groups excluding carboxylic acids is 1. The summed E-state index contributed by atoms with van der Waals surface area (Å²) in [6.07, 6.45) is -10.9. The molecule has 1 aromatic rings. The molecule has 0 aromatic carbocycles. The molecule has 0 spiro atoms. The lowest BCUT2D eigenvalue weighted by atomic mass is 10.3. The van der Waals surface area contributed by atoms with E-state index in [-0.39, 0.29) is 6.54 Å². The first kappa shape index (κ1) is 16.1. The van der Waals surface area contributed by atoms with E-state index in [4.69, 9.17) is 5.11 Å². The molecule has 0 atom stereocenters. The van der Waals surface area contributed by atoms with Gasteiger partial charge in [0.15, 0.2) is 11.4 Å². The minimum absolute atomic E-state index is 0.329. The predicted molar refractivity (Wildman–Crippen MR) is 49.2 cm³/mol. The van der Waals surface area contributed by atoms with Gasteiger partial charge in [-0.1, -0.05) is 0 Å². The number of aliphatic hydroxyl groups excluding tert-OH is 1. The average molecular weight is 304 g/mol. The Bertz CT molecular complexity index is 501. The first-order valence-corrected chi connectivity index (χ1v) is 4.85. The van der Waals surface area contributed by atoms with Crippen LogP contribution in [0, 0.1) is 0 Å². The fraction of sp³-hybridized carbons (Fsp3) is 0.500. The van der Waals surface area contributed by atoms with Gasteiger partial charge in [0.1, 0.15) is 0 Å². The zero-order valence-corrected chi connectivity index (χ0v) is 9.38. The molecule has 0 unspecified atom stereocenters. The second-order valence-electron chi connectivity index (χ2n) is 3.31. The molecule has 0 saturated carbocycles. The Morgan fingerprint density at radius 3 is 2.05 bits per heavy atom. The zero-order valence-electron chi connectivity index (χ0n) is 9.38. The van der Waals surface area contributed by atoms with Crippen LogP contribution in [0.4, 0.5) is 26.3 Å². The predicted octanol–water partition coefficient (Wildman–Crippen LogP) is 0.631. The van der Waals surface area contributed by atoms with Crippen LogP contribution >= 0.6 is 0 Å². The maximum Gasteiger partial charge on any atom is 0.437 e. The van der Waals surface area contributed by atoms with E-state index in [2.05, 4.69) is 15.2 Å². The SMILES string of the molecule is O=C(NCCO)c1nnc(C(F)(F)F)c(C(F)(F)F)n1. The fourth-order valence-electron chi connectivity index (χ4n) is 1.06. The average Bonchev–Trinajstić information content (AvgIpc) is 2.33. The van der Waals surface area contributed by atoms with Crippen LogP contribution in [0.1, 0.15) is 22.0 Å². The summed E-state index contributed by atoms with van der Waals surface area (Å²) >= 11 is 0. The fourth-order valence-corrected chi connectivity index (χ4v) is 1.06. The van der Waals surface area contributed by atoms with Crippen molar-refractivity contribution in [3.8, 4) is 0 Å². The summed E-state index contributed by atoms with van der Waals surface area (Å²) in [5, 5.41) is 15.3. The van der Waals surface area contributed by atoms with Crippen LogP contribution in [-0.2, 0) is 12.4 Å². The largest absolute Gasteiger partial charge is 0.437 e. The number of aliphatic hydroxyl groups is 1. The normalized spacial score (nSPS) is 12.3. The smallest absolute Gasteiger partial charge is 0.395 e. The van der Waals surface area contributed by atoms with E-state index in [1.165, 1.54) is 0 Å². The number of halogens is 6. The standard InChI is InChI=1S/C8H6F6N4O2/c9-7(10,11)3-4(8(12,13)14)17-18-5(16-3)6(20)15-1-2-19/h19H,1-2H2,(H,15,20). The summed E-state index contributed by atoms with van der Waals surface area (Å²) in [5.74, 6) is -2.47. The topological polar surface area (TPSA) is 88.0 Å². The summed E-state index contributed by atoms with van der Waals surface area (Å²) in [7, 11) is 0. The van der Waals surface area contributed by atoms with Crippen molar-refractivity contribution in [1.29, 1.82) is 0 Å². The molecule has 1 aromatic heterocycles. The van der Waals surface area contributed by atoms with Crippen molar-refractivity contribution in [2.45, 2.75) is 12.4 Å². The van der Waals surface area contributed by atoms with Crippen molar-refractivity contribution < 1.29 is 36.2 Å². The molecule has 0 aliphatic rings. The summed E-state index contributed by atoms with van der Waals surface area (Å²) in [4.78, 5) is 13.8. The van der Waals surface area contributed by atoms with Crippen LogP contribution in [0.5, 0.6) is 0 Å². The number of nitrogens with one attached hydrogen (secondary N) is 1. The minimum Gasteiger partial charge on any atom is -0.395 e. The van der Waals surface area contributed by atoms with Crippen LogP contribution in [0.25, 0.3) is 0 Å². The first-order chi connectivity index (χ1) is 9.07. The number of amides is 1. The third-order valence-corrected chi connectivity index (χ3v) is 1.82. The van der Waals surface area contributed by atoms with Crippen molar-refractivity contribution in [1.82, 2.24) is 20.5 Å². The van der Waals surface area contributed by atoms with Gasteiger partial charge in [0.25, 0.3) is 5.91 Å². The van der Waals surface area contributed by atoms with Gasteiger partial charge >= 0.3 is 12.4 Å². The molecule has 112 valence electrons. The summed E-state index contributed by atoms with van der Waals surface area (Å²) < 4.78 is 74.4. The molecule has 2 N–H and O–H groups in total. The molecule has 0 saturated heterocycles. The lowest BCUT2D eigenvalue weighted by Gasteiger charge is -2.13. The Balaban J connectivity index is 3.25. The van der Waals surface area contributed by atoms with Crippen molar-refractivity contribution in [2.24, 2.45) is 0 Å². The number of alkyl halides is 6. The van der Waals surface area contributed by atoms with Crippen LogP contribution < -0.4 is 5.32 Å². The molecule has 1 rings (SSSR count). The highest BCUT2D eigenvalue weighted by Crippen LogP contribution is 2.37. The molecular formula is C8H6F6N4O2. The number of hydrogen-bond acceptors (Lipinski definition) is 5. The molecule has 0 bridgehead atoms. The number of nitrogens with zero attached hydrogens (tertiary/aromatic N) is 3. The highest BCUT2D eigenvalue weighted by Gasteiger charge is 2.47. The van der Waals surface area contributed by atoms with Crippen LogP contribution in [0.3, 0.4) is 0 Å². The van der Waals surface area contributed by atoms with Gasteiger partial charge in [-0.2, -0.15) is 26.3 Å². The van der Waals surface area contributed by atoms with Gasteiger partial charge in [0, 0.05) is 6.54 Å². The molecule has 0 aliphatic heterocycles. The maximum absolute atomic E-state index is 12.5. The zero-order chi connectivity index (χ0) is 15.6. The van der Waals surface area contributed by atoms with E-state index in [0.29, 0.717) is 0 Å². The summed E-state index contributed by atoms with van der Waals surface area (Å²) in [6.45, 7) is -0.851. The number of rotatable bonds is 3. The monoisotopic (exact) mass is 304 g/mol. The molecule has 1 heterocycles. The van der Waals surface area contributed by atoms with Gasteiger partial charge in [0.2, 0.25) is 5.82 Å². The Morgan fingerprint density at radius 1 is 1.05 bits per heavy atom. The van der Waals surface area contributed by atoms with E-state index in [9.17, 15) is 31.1 Å². The van der Waals surface area contributed by atoms with Gasteiger partial charge in [-0.15, -0.1) is 10.2 Å². The molecule has 0 aliphatic carbocycles. The third-order valence-electron chi connectivity index (χ3n) is 1.82. The number of aromatic nitrogens is 3. The summed E-state index contributed by atoms with van der Waals surface area (Å²) in [6, 6.07) is 0. The van der Waals surface area contributed by atoms with E-state index >= 15 is 0 Å². The Kier molecular flexibility index (Phi) is 4.47. The lowest BCUT2D eigenvalue weighted by Crippen LogP contribution is -2.31. The van der Waals surface area contributed by atoms with Crippen molar-refractivity contribution in [3.05, 3.63) is 17.2 Å². The molecule has 1 amide bonds. The van der Waals surface area contributed by atoms with E-state index in [1.807, 2.05) is 5.32 Å². The molecule has 6 nitrogen and oxygen atoms in total. The first-order valence-electron chi connectivity index (χ1n) is 4.85. The highest BCUT2D eigenvalue weighted by atomic mass is 19.4. The summed E-state index contributed by atoms with van der Waals surface area (Å²) in [5.41, 5.74) is -4.68. The third kappa shape index (κ3) is 3.76. The number of carbonyl (C=O) groups is 1. The minimum atomic E-state index is -5.45. The Labute approximate surface area is 106 Å². The van der Waals surface area contributed by atoms with Crippen molar-refractivity contribution >= 4 is 5.91 Å². The molecule has 20 heavy (non-hydrogen) atoms. The van der Waals surface area contributed by atoms with Gasteiger partial charge in [0.05, 0.1) is 6.61 Å². The number of hydrogen-bond donors (Lipinski definition) is 2. The molecule has 0 fully saturated rings. The van der Waals surface area contributed by atoms with Crippen LogP contribution in [0.15, 0.2) is 0 Å². The molecule has 0 radical (unpaired) electrons. The van der Waals surface area contributed by atoms with Gasteiger partial charge in [-0.3, -0.25) is 4.79 Å². The Morgan fingerprint density at radius 2 is 1.60 bits per heavy atom. The van der Waals surface area contributed by atoms with E-state index in [1.54, 1.807) is 0 Å². The maximum atomic E-state index is 12.5. The van der Waals surface area contributed by atoms with E-state index in [0.717, 1.165) is 0 Å². The van der Waals surface area contributed by atoms with Crippen molar-refractivity contribution in [3.63, 3.8) is 0 Å². The van der Waals surface area contributed by atoms with Crippen LogP contribution in [0.2, 0.25) is 0 Å². The van der Waals surface area contributed by atoms with Gasteiger partial charge < -0.3 is 10.4 Å². The molecule has 12 heteroatoms.